The van der Waals surface area contributed by atoms with Gasteiger partial charge in [0.15, 0.2) is 0 Å². The number of Topliss-reactive ketones (excluding diaryl/α,β-unsaturated/α-hetero) is 1. The van der Waals surface area contributed by atoms with Crippen LogP contribution in [0.4, 0.5) is 0 Å². The zero-order valence-corrected chi connectivity index (χ0v) is 8.59. The fourth-order valence-electron chi connectivity index (χ4n) is 1.52. The second kappa shape index (κ2) is 5.38. The minimum absolute atomic E-state index is 0.182. The van der Waals surface area contributed by atoms with Gasteiger partial charge < -0.3 is 5.73 Å². The molecule has 0 aromatic rings. The number of nitrogens with two attached hydrogens (primary N) is 1. The van der Waals surface area contributed by atoms with Crippen LogP contribution in [-0.2, 0) is 4.79 Å². The van der Waals surface area contributed by atoms with E-state index in [1.165, 1.54) is 12.8 Å². The van der Waals surface area contributed by atoms with Gasteiger partial charge in [-0.15, -0.1) is 0 Å². The molecule has 1 aliphatic rings. The van der Waals surface area contributed by atoms with Crippen molar-refractivity contribution in [1.29, 1.82) is 0 Å². The van der Waals surface area contributed by atoms with Crippen molar-refractivity contribution in [3.8, 4) is 0 Å². The van der Waals surface area contributed by atoms with Gasteiger partial charge in [0.05, 0.1) is 6.04 Å². The van der Waals surface area contributed by atoms with E-state index in [9.17, 15) is 4.79 Å². The lowest BCUT2D eigenvalue weighted by atomic mass is 10.0. The number of ketones is 1. The van der Waals surface area contributed by atoms with E-state index >= 15 is 0 Å². The van der Waals surface area contributed by atoms with Crippen LogP contribution < -0.4 is 5.73 Å². The Kier molecular flexibility index (Phi) is 4.43. The lowest BCUT2D eigenvalue weighted by Gasteiger charge is -2.08. The maximum absolute atomic E-state index is 11.5. The molecule has 0 aromatic carbocycles. The molecule has 0 heterocycles. The summed E-state index contributed by atoms with van der Waals surface area (Å²) in [4.78, 5) is 11.5. The number of carbonyl (C=O) groups excluding carboxylic acids is 1. The van der Waals surface area contributed by atoms with Crippen LogP contribution in [0.5, 0.6) is 0 Å². The summed E-state index contributed by atoms with van der Waals surface area (Å²) in [7, 11) is 0. The van der Waals surface area contributed by atoms with Gasteiger partial charge in [-0.25, -0.2) is 0 Å². The van der Waals surface area contributed by atoms with Crippen molar-refractivity contribution in [1.82, 2.24) is 0 Å². The summed E-state index contributed by atoms with van der Waals surface area (Å²) in [5.74, 6) is 1.13. The van der Waals surface area contributed by atoms with Crippen LogP contribution in [0.15, 0.2) is 0 Å². The first-order valence-electron chi connectivity index (χ1n) is 5.52. The maximum Gasteiger partial charge on any atom is 0.149 e. The first kappa shape index (κ1) is 10.7. The summed E-state index contributed by atoms with van der Waals surface area (Å²) in [6, 6.07) is -0.182. The molecular formula is C11H21NO. The van der Waals surface area contributed by atoms with Crippen LogP contribution in [0, 0.1) is 5.92 Å². The molecule has 0 aromatic heterocycles. The molecule has 1 unspecified atom stereocenters. The van der Waals surface area contributed by atoms with Gasteiger partial charge in [0, 0.05) is 6.42 Å². The van der Waals surface area contributed by atoms with Crippen LogP contribution in [0.1, 0.15) is 51.9 Å². The van der Waals surface area contributed by atoms with Crippen molar-refractivity contribution in [2.45, 2.75) is 57.9 Å². The molecule has 1 atom stereocenters. The minimum atomic E-state index is -0.182. The topological polar surface area (TPSA) is 43.1 Å². The van der Waals surface area contributed by atoms with Crippen LogP contribution in [0.25, 0.3) is 0 Å². The van der Waals surface area contributed by atoms with Gasteiger partial charge in [-0.2, -0.15) is 0 Å². The van der Waals surface area contributed by atoms with Crippen LogP contribution in [-0.4, -0.2) is 11.8 Å². The van der Waals surface area contributed by atoms with Crippen molar-refractivity contribution < 1.29 is 4.79 Å². The van der Waals surface area contributed by atoms with Crippen molar-refractivity contribution in [3.05, 3.63) is 0 Å². The van der Waals surface area contributed by atoms with Gasteiger partial charge in [-0.1, -0.05) is 32.6 Å². The van der Waals surface area contributed by atoms with Gasteiger partial charge in [0.1, 0.15) is 5.78 Å². The number of carbonyl (C=O) groups is 1. The highest BCUT2D eigenvalue weighted by Gasteiger charge is 2.23. The highest BCUT2D eigenvalue weighted by Crippen LogP contribution is 2.33. The normalized spacial score (nSPS) is 18.6. The molecule has 0 amide bonds. The molecule has 2 heteroatoms. The molecular weight excluding hydrogens is 162 g/mol. The van der Waals surface area contributed by atoms with Crippen LogP contribution in [0.2, 0.25) is 0 Å². The minimum Gasteiger partial charge on any atom is -0.322 e. The first-order chi connectivity index (χ1) is 6.24. The highest BCUT2D eigenvalue weighted by molar-refractivity contribution is 5.83. The number of unbranched alkanes of at least 4 members (excludes halogenated alkanes) is 1. The zero-order chi connectivity index (χ0) is 9.68. The van der Waals surface area contributed by atoms with Gasteiger partial charge in [0.2, 0.25) is 0 Å². The van der Waals surface area contributed by atoms with E-state index in [0.717, 1.165) is 38.0 Å². The Hall–Kier alpha value is -0.370. The smallest absolute Gasteiger partial charge is 0.149 e. The van der Waals surface area contributed by atoms with E-state index in [1.807, 2.05) is 0 Å². The lowest BCUT2D eigenvalue weighted by molar-refractivity contribution is -0.120. The Morgan fingerprint density at radius 1 is 1.54 bits per heavy atom. The average Bonchev–Trinajstić information content (AvgIpc) is 2.93. The van der Waals surface area contributed by atoms with Gasteiger partial charge in [-0.3, -0.25) is 4.79 Å². The standard InChI is InChI=1S/C11H21NO/c1-2-3-4-10(12)11(13)8-7-9-5-6-9/h9-10H,2-8,12H2,1H3. The van der Waals surface area contributed by atoms with Crippen LogP contribution in [0.3, 0.4) is 0 Å². The second-order valence-electron chi connectivity index (χ2n) is 4.20. The first-order valence-corrected chi connectivity index (χ1v) is 5.52. The van der Waals surface area contributed by atoms with E-state index in [0.29, 0.717) is 0 Å². The Balaban J connectivity index is 2.05. The fourth-order valence-corrected chi connectivity index (χ4v) is 1.52. The molecule has 1 fully saturated rings. The van der Waals surface area contributed by atoms with Gasteiger partial charge in [0.25, 0.3) is 0 Å². The lowest BCUT2D eigenvalue weighted by Crippen LogP contribution is -2.30. The zero-order valence-electron chi connectivity index (χ0n) is 8.59. The van der Waals surface area contributed by atoms with Gasteiger partial charge in [-0.05, 0) is 18.8 Å². The molecule has 76 valence electrons. The maximum atomic E-state index is 11.5. The summed E-state index contributed by atoms with van der Waals surface area (Å²) < 4.78 is 0. The second-order valence-corrected chi connectivity index (χ2v) is 4.20. The third-order valence-corrected chi connectivity index (χ3v) is 2.78. The predicted molar refractivity (Wildman–Crippen MR) is 54.5 cm³/mol. The Morgan fingerprint density at radius 2 is 2.23 bits per heavy atom. The molecule has 0 radical (unpaired) electrons. The van der Waals surface area contributed by atoms with E-state index < -0.39 is 0 Å². The molecule has 1 saturated carbocycles. The Labute approximate surface area is 80.9 Å². The molecule has 1 aliphatic carbocycles. The summed E-state index contributed by atoms with van der Waals surface area (Å²) >= 11 is 0. The fraction of sp³-hybridized carbons (Fsp3) is 0.909. The third-order valence-electron chi connectivity index (χ3n) is 2.78. The molecule has 2 N–H and O–H groups in total. The average molecular weight is 183 g/mol. The van der Waals surface area contributed by atoms with Crippen LogP contribution >= 0.6 is 0 Å². The van der Waals surface area contributed by atoms with Crippen molar-refractivity contribution in [2.24, 2.45) is 11.7 Å². The molecule has 2 nitrogen and oxygen atoms in total. The predicted octanol–water partition coefficient (Wildman–Crippen LogP) is 2.26. The quantitative estimate of drug-likeness (QED) is 0.658. The molecule has 0 bridgehead atoms. The van der Waals surface area contributed by atoms with Crippen molar-refractivity contribution in [2.75, 3.05) is 0 Å². The SMILES string of the molecule is CCCCC(N)C(=O)CCC1CC1. The largest absolute Gasteiger partial charge is 0.322 e. The van der Waals surface area contributed by atoms with Gasteiger partial charge >= 0.3 is 0 Å². The summed E-state index contributed by atoms with van der Waals surface area (Å²) in [5, 5.41) is 0. The molecule has 0 aliphatic heterocycles. The van der Waals surface area contributed by atoms with E-state index in [1.54, 1.807) is 0 Å². The van der Waals surface area contributed by atoms with E-state index in [2.05, 4.69) is 6.92 Å². The molecule has 0 saturated heterocycles. The molecule has 0 spiro atoms. The molecule has 1 rings (SSSR count). The monoisotopic (exact) mass is 183 g/mol. The van der Waals surface area contributed by atoms with E-state index in [-0.39, 0.29) is 11.8 Å². The van der Waals surface area contributed by atoms with Crippen molar-refractivity contribution in [3.63, 3.8) is 0 Å². The summed E-state index contributed by atoms with van der Waals surface area (Å²) in [6.07, 6.45) is 7.54. The molecule has 13 heavy (non-hydrogen) atoms. The number of hydrogen-bond acceptors (Lipinski definition) is 2. The third kappa shape index (κ3) is 4.41. The Bertz CT molecular complexity index is 163. The van der Waals surface area contributed by atoms with E-state index in [4.69, 9.17) is 5.73 Å². The highest BCUT2D eigenvalue weighted by atomic mass is 16.1. The number of rotatable bonds is 7. The summed E-state index contributed by atoms with van der Waals surface area (Å²) in [6.45, 7) is 2.13. The Morgan fingerprint density at radius 3 is 2.77 bits per heavy atom. The number of hydrogen-bond donors (Lipinski definition) is 1. The van der Waals surface area contributed by atoms with Crippen molar-refractivity contribution >= 4 is 5.78 Å². The summed E-state index contributed by atoms with van der Waals surface area (Å²) in [5.41, 5.74) is 5.76.